The minimum Gasteiger partial charge on any atom is -0.484 e. The summed E-state index contributed by atoms with van der Waals surface area (Å²) in [5.74, 6) is -0.272. The molecule has 6 heteroatoms. The lowest BCUT2D eigenvalue weighted by Gasteiger charge is -2.28. The van der Waals surface area contributed by atoms with E-state index in [-0.39, 0.29) is 30.8 Å². The van der Waals surface area contributed by atoms with Crippen molar-refractivity contribution in [3.63, 3.8) is 0 Å². The van der Waals surface area contributed by atoms with E-state index in [2.05, 4.69) is 12.2 Å². The molecule has 2 rings (SSSR count). The first kappa shape index (κ1) is 23.4. The number of nitrogens with zero attached hydrogens (tertiary/aromatic N) is 1. The Balaban J connectivity index is 2.08. The van der Waals surface area contributed by atoms with Gasteiger partial charge in [0, 0.05) is 13.1 Å². The smallest absolute Gasteiger partial charge is 0.261 e. The molecule has 0 aliphatic rings. The van der Waals surface area contributed by atoms with E-state index in [0.717, 1.165) is 24.8 Å². The van der Waals surface area contributed by atoms with Crippen LogP contribution in [0.15, 0.2) is 48.5 Å². The first-order chi connectivity index (χ1) is 14.4. The molecule has 5 nitrogen and oxygen atoms in total. The normalized spacial score (nSPS) is 11.6. The fraction of sp³-hybridized carbons (Fsp3) is 0.417. The van der Waals surface area contributed by atoms with Crippen molar-refractivity contribution in [1.29, 1.82) is 0 Å². The van der Waals surface area contributed by atoms with E-state index in [4.69, 9.17) is 4.74 Å². The molecule has 2 aromatic rings. The lowest BCUT2D eigenvalue weighted by molar-refractivity contribution is -0.142. The number of carbonyl (C=O) groups excluding carboxylic acids is 2. The molecule has 2 aromatic carbocycles. The van der Waals surface area contributed by atoms with E-state index >= 15 is 0 Å². The van der Waals surface area contributed by atoms with Crippen LogP contribution in [0.1, 0.15) is 44.7 Å². The molecule has 0 bridgehead atoms. The highest BCUT2D eigenvalue weighted by Gasteiger charge is 2.26. The number of aryl methyl sites for hydroxylation is 1. The second-order valence-electron chi connectivity index (χ2n) is 7.25. The van der Waals surface area contributed by atoms with Gasteiger partial charge in [0.2, 0.25) is 5.91 Å². The Morgan fingerprint density at radius 2 is 1.67 bits per heavy atom. The van der Waals surface area contributed by atoms with E-state index < -0.39 is 6.04 Å². The molecule has 0 aromatic heterocycles. The van der Waals surface area contributed by atoms with Crippen LogP contribution in [0.5, 0.6) is 5.75 Å². The van der Waals surface area contributed by atoms with Gasteiger partial charge >= 0.3 is 0 Å². The first-order valence-corrected chi connectivity index (χ1v) is 10.5. The van der Waals surface area contributed by atoms with Gasteiger partial charge < -0.3 is 15.0 Å². The Kier molecular flexibility index (Phi) is 9.32. The highest BCUT2D eigenvalue weighted by atomic mass is 19.1. The molecule has 0 saturated heterocycles. The van der Waals surface area contributed by atoms with Crippen LogP contribution in [0.4, 0.5) is 4.39 Å². The van der Waals surface area contributed by atoms with Crippen molar-refractivity contribution in [1.82, 2.24) is 10.2 Å². The molecule has 0 spiro atoms. The zero-order chi connectivity index (χ0) is 21.9. The molecule has 162 valence electrons. The van der Waals surface area contributed by atoms with Crippen LogP contribution in [0.3, 0.4) is 0 Å². The molecule has 1 N–H and O–H groups in total. The minimum absolute atomic E-state index is 0.181. The topological polar surface area (TPSA) is 58.6 Å². The number of carbonyl (C=O) groups is 2. The maximum atomic E-state index is 13.2. The highest BCUT2D eigenvalue weighted by molar-refractivity contribution is 5.87. The molecule has 0 aliphatic heterocycles. The van der Waals surface area contributed by atoms with Gasteiger partial charge in [-0.1, -0.05) is 44.5 Å². The number of unbranched alkanes of at least 4 members (excludes halogenated alkanes) is 1. The van der Waals surface area contributed by atoms with Crippen LogP contribution in [0.25, 0.3) is 0 Å². The number of amides is 2. The fourth-order valence-corrected chi connectivity index (χ4v) is 2.95. The lowest BCUT2D eigenvalue weighted by atomic mass is 10.1. The molecule has 2 amide bonds. The van der Waals surface area contributed by atoms with Gasteiger partial charge in [0.05, 0.1) is 0 Å². The van der Waals surface area contributed by atoms with Crippen LogP contribution in [-0.4, -0.2) is 35.9 Å². The average molecular weight is 415 g/mol. The molecule has 0 saturated carbocycles. The summed E-state index contributed by atoms with van der Waals surface area (Å²) in [5.41, 5.74) is 1.93. The first-order valence-electron chi connectivity index (χ1n) is 10.5. The minimum atomic E-state index is -0.675. The Labute approximate surface area is 178 Å². The molecule has 1 atom stereocenters. The maximum absolute atomic E-state index is 13.2. The third-order valence-corrected chi connectivity index (χ3v) is 4.96. The van der Waals surface area contributed by atoms with Crippen LogP contribution in [-0.2, 0) is 22.6 Å². The molecule has 0 aliphatic carbocycles. The van der Waals surface area contributed by atoms with Gasteiger partial charge in [-0.25, -0.2) is 4.39 Å². The predicted octanol–water partition coefficient (Wildman–Crippen LogP) is 4.10. The summed E-state index contributed by atoms with van der Waals surface area (Å²) in [4.78, 5) is 26.9. The van der Waals surface area contributed by atoms with E-state index in [1.54, 1.807) is 19.1 Å². The molecule has 0 fully saturated rings. The van der Waals surface area contributed by atoms with Gasteiger partial charge in [-0.2, -0.15) is 0 Å². The number of benzene rings is 2. The molecular formula is C24H31FN2O3. The van der Waals surface area contributed by atoms with E-state index in [1.807, 2.05) is 31.2 Å². The van der Waals surface area contributed by atoms with Crippen molar-refractivity contribution in [3.05, 3.63) is 65.5 Å². The van der Waals surface area contributed by atoms with Crippen molar-refractivity contribution >= 4 is 11.8 Å². The molecule has 0 radical (unpaired) electrons. The Hall–Kier alpha value is -2.89. The summed E-state index contributed by atoms with van der Waals surface area (Å²) in [6.45, 7) is 6.39. The summed E-state index contributed by atoms with van der Waals surface area (Å²) >= 11 is 0. The van der Waals surface area contributed by atoms with Gasteiger partial charge in [-0.15, -0.1) is 0 Å². The Morgan fingerprint density at radius 1 is 1.03 bits per heavy atom. The van der Waals surface area contributed by atoms with Crippen molar-refractivity contribution in [3.8, 4) is 5.75 Å². The van der Waals surface area contributed by atoms with Crippen LogP contribution in [0, 0.1) is 5.82 Å². The van der Waals surface area contributed by atoms with Gasteiger partial charge in [0.1, 0.15) is 17.6 Å². The van der Waals surface area contributed by atoms with E-state index in [0.29, 0.717) is 12.3 Å². The van der Waals surface area contributed by atoms with Crippen LogP contribution < -0.4 is 10.1 Å². The third-order valence-electron chi connectivity index (χ3n) is 4.96. The van der Waals surface area contributed by atoms with E-state index in [1.165, 1.54) is 22.6 Å². The predicted molar refractivity (Wildman–Crippen MR) is 116 cm³/mol. The zero-order valence-corrected chi connectivity index (χ0v) is 18.0. The Bertz CT molecular complexity index is 806. The second-order valence-corrected chi connectivity index (χ2v) is 7.25. The molecule has 0 unspecified atom stereocenters. The van der Waals surface area contributed by atoms with Gasteiger partial charge in [-0.05, 0) is 55.2 Å². The van der Waals surface area contributed by atoms with Crippen molar-refractivity contribution < 1.29 is 18.7 Å². The summed E-state index contributed by atoms with van der Waals surface area (Å²) in [5, 5.41) is 2.87. The standard InChI is InChI=1S/C24H31FN2O3/c1-4-6-15-26-24(29)18(3)27(16-20-7-11-21(25)12-8-20)23(28)17-30-22-13-9-19(5-2)10-14-22/h7-14,18H,4-6,15-17H2,1-3H3,(H,26,29)/t18-/m0/s1. The van der Waals surface area contributed by atoms with Crippen LogP contribution in [0.2, 0.25) is 0 Å². The molecule has 30 heavy (non-hydrogen) atoms. The maximum Gasteiger partial charge on any atom is 0.261 e. The monoisotopic (exact) mass is 414 g/mol. The summed E-state index contributed by atoms with van der Waals surface area (Å²) in [6.07, 6.45) is 2.77. The SMILES string of the molecule is CCCCNC(=O)[C@H](C)N(Cc1ccc(F)cc1)C(=O)COc1ccc(CC)cc1. The third kappa shape index (κ3) is 7.17. The fourth-order valence-electron chi connectivity index (χ4n) is 2.95. The summed E-state index contributed by atoms with van der Waals surface area (Å²) in [7, 11) is 0. The number of nitrogens with one attached hydrogen (secondary N) is 1. The quantitative estimate of drug-likeness (QED) is 0.563. The van der Waals surface area contributed by atoms with Crippen molar-refractivity contribution in [2.45, 2.75) is 52.6 Å². The lowest BCUT2D eigenvalue weighted by Crippen LogP contribution is -2.49. The van der Waals surface area contributed by atoms with Crippen LogP contribution >= 0.6 is 0 Å². The van der Waals surface area contributed by atoms with E-state index in [9.17, 15) is 14.0 Å². The number of hydrogen-bond donors (Lipinski definition) is 1. The average Bonchev–Trinajstić information content (AvgIpc) is 2.77. The van der Waals surface area contributed by atoms with Crippen molar-refractivity contribution in [2.24, 2.45) is 0 Å². The Morgan fingerprint density at radius 3 is 2.27 bits per heavy atom. The number of hydrogen-bond acceptors (Lipinski definition) is 3. The number of halogens is 1. The van der Waals surface area contributed by atoms with Gasteiger partial charge in [0.15, 0.2) is 6.61 Å². The summed E-state index contributed by atoms with van der Waals surface area (Å²) in [6, 6.07) is 12.8. The largest absolute Gasteiger partial charge is 0.484 e. The zero-order valence-electron chi connectivity index (χ0n) is 18.0. The van der Waals surface area contributed by atoms with Gasteiger partial charge in [0.25, 0.3) is 5.91 Å². The number of rotatable bonds is 11. The summed E-state index contributed by atoms with van der Waals surface area (Å²) < 4.78 is 18.9. The highest BCUT2D eigenvalue weighted by Crippen LogP contribution is 2.15. The van der Waals surface area contributed by atoms with Gasteiger partial charge in [-0.3, -0.25) is 9.59 Å². The van der Waals surface area contributed by atoms with Crippen molar-refractivity contribution in [2.75, 3.05) is 13.2 Å². The number of ether oxygens (including phenoxy) is 1. The molecule has 0 heterocycles. The second kappa shape index (κ2) is 12.0. The molecular weight excluding hydrogens is 383 g/mol.